The highest BCUT2D eigenvalue weighted by atomic mass is 16.5. The van der Waals surface area contributed by atoms with Gasteiger partial charge in [0.25, 0.3) is 11.5 Å². The molecule has 0 aromatic carbocycles. The molecule has 2 aromatic rings. The van der Waals surface area contributed by atoms with E-state index in [1.54, 1.807) is 6.07 Å². The summed E-state index contributed by atoms with van der Waals surface area (Å²) in [6.07, 6.45) is 2.91. The van der Waals surface area contributed by atoms with Crippen molar-refractivity contribution in [1.29, 1.82) is 5.41 Å². The number of nitrogens with one attached hydrogen (secondary N) is 4. The average Bonchev–Trinajstić information content (AvgIpc) is 2.73. The van der Waals surface area contributed by atoms with E-state index in [9.17, 15) is 9.59 Å². The molecule has 0 saturated carbocycles. The third-order valence-electron chi connectivity index (χ3n) is 5.72. The minimum Gasteiger partial charge on any atom is -0.474 e. The van der Waals surface area contributed by atoms with E-state index >= 15 is 0 Å². The fourth-order valence-corrected chi connectivity index (χ4v) is 3.95. The van der Waals surface area contributed by atoms with E-state index in [0.717, 1.165) is 43.4 Å². The summed E-state index contributed by atoms with van der Waals surface area (Å²) in [5, 5.41) is 14.0. The third-order valence-corrected chi connectivity index (χ3v) is 5.72. The lowest BCUT2D eigenvalue weighted by Crippen LogP contribution is -2.36. The Morgan fingerprint density at radius 3 is 2.64 bits per heavy atom. The summed E-state index contributed by atoms with van der Waals surface area (Å²) < 4.78 is 6.14. The Hall–Kier alpha value is -3.20. The van der Waals surface area contributed by atoms with Gasteiger partial charge in [0.05, 0.1) is 5.56 Å². The van der Waals surface area contributed by atoms with Gasteiger partial charge in [-0.05, 0) is 59.2 Å². The SMILES string of the molecule is Cc1cc(C)c(CNC(=O)c2cc(OC3CCN(C)CC3)nc(NC(C)C)c2C=N)c(=O)[nH]1. The topological polar surface area (TPSA) is 123 Å². The summed E-state index contributed by atoms with van der Waals surface area (Å²) in [7, 11) is 2.08. The van der Waals surface area contributed by atoms with E-state index in [1.165, 1.54) is 0 Å². The normalized spacial score (nSPS) is 14.8. The van der Waals surface area contributed by atoms with Crippen molar-refractivity contribution in [2.45, 2.75) is 59.2 Å². The maximum absolute atomic E-state index is 13.2. The minimum absolute atomic E-state index is 0.0242. The molecule has 1 aliphatic rings. The van der Waals surface area contributed by atoms with Crippen molar-refractivity contribution in [2.24, 2.45) is 0 Å². The molecular weight excluding hydrogens is 420 g/mol. The standard InChI is InChI=1S/C24H34N6O3/c1-14(2)27-22-19(12-25)18(11-21(29-22)33-17-6-8-30(5)9-7-17)23(31)26-13-20-15(3)10-16(4)28-24(20)32/h10-12,14,17,25H,6-9,13H2,1-5H3,(H,26,31)(H,27,29)(H,28,32). The van der Waals surface area contributed by atoms with Crippen LogP contribution in [0, 0.1) is 19.3 Å². The summed E-state index contributed by atoms with van der Waals surface area (Å²) >= 11 is 0. The number of piperidine rings is 1. The number of hydrogen-bond donors (Lipinski definition) is 4. The quantitative estimate of drug-likeness (QED) is 0.455. The van der Waals surface area contributed by atoms with Gasteiger partial charge in [0, 0.05) is 54.8 Å². The summed E-state index contributed by atoms with van der Waals surface area (Å²) in [6, 6.07) is 3.52. The van der Waals surface area contributed by atoms with Crippen LogP contribution in [0.5, 0.6) is 5.88 Å². The van der Waals surface area contributed by atoms with Crippen molar-refractivity contribution in [2.75, 3.05) is 25.5 Å². The number of anilines is 1. The lowest BCUT2D eigenvalue weighted by molar-refractivity contribution is 0.0945. The number of nitrogens with zero attached hydrogens (tertiary/aromatic N) is 2. The molecule has 33 heavy (non-hydrogen) atoms. The van der Waals surface area contributed by atoms with Gasteiger partial charge in [0.1, 0.15) is 11.9 Å². The molecule has 0 aliphatic carbocycles. The number of rotatable bonds is 8. The maximum Gasteiger partial charge on any atom is 0.253 e. The van der Waals surface area contributed by atoms with Crippen LogP contribution in [0.3, 0.4) is 0 Å². The Morgan fingerprint density at radius 1 is 1.33 bits per heavy atom. The summed E-state index contributed by atoms with van der Waals surface area (Å²) in [4.78, 5) is 35.1. The molecule has 0 unspecified atom stereocenters. The van der Waals surface area contributed by atoms with Crippen LogP contribution in [0.1, 0.15) is 59.4 Å². The number of likely N-dealkylation sites (tertiary alicyclic amines) is 1. The molecule has 178 valence electrons. The number of carbonyl (C=O) groups excluding carboxylic acids is 1. The molecule has 1 fully saturated rings. The number of hydrogen-bond acceptors (Lipinski definition) is 7. The zero-order valence-corrected chi connectivity index (χ0v) is 20.0. The smallest absolute Gasteiger partial charge is 0.253 e. The number of aryl methyl sites for hydroxylation is 2. The van der Waals surface area contributed by atoms with Crippen LogP contribution in [0.4, 0.5) is 5.82 Å². The molecule has 1 aliphatic heterocycles. The van der Waals surface area contributed by atoms with Crippen LogP contribution in [-0.4, -0.2) is 59.3 Å². The molecule has 9 heteroatoms. The van der Waals surface area contributed by atoms with Gasteiger partial charge in [0.15, 0.2) is 0 Å². The van der Waals surface area contributed by atoms with Crippen molar-refractivity contribution < 1.29 is 9.53 Å². The molecule has 0 spiro atoms. The molecule has 0 atom stereocenters. The lowest BCUT2D eigenvalue weighted by atomic mass is 10.1. The molecule has 9 nitrogen and oxygen atoms in total. The van der Waals surface area contributed by atoms with Crippen molar-refractivity contribution in [3.8, 4) is 5.88 Å². The molecule has 0 radical (unpaired) electrons. The van der Waals surface area contributed by atoms with E-state index in [1.807, 2.05) is 33.8 Å². The van der Waals surface area contributed by atoms with E-state index in [-0.39, 0.29) is 29.8 Å². The Kier molecular flexibility index (Phi) is 7.86. The van der Waals surface area contributed by atoms with Crippen LogP contribution < -0.4 is 20.9 Å². The van der Waals surface area contributed by atoms with E-state index < -0.39 is 5.91 Å². The largest absolute Gasteiger partial charge is 0.474 e. The zero-order chi connectivity index (χ0) is 24.1. The van der Waals surface area contributed by atoms with Crippen molar-refractivity contribution >= 4 is 17.9 Å². The fourth-order valence-electron chi connectivity index (χ4n) is 3.95. The van der Waals surface area contributed by atoms with Gasteiger partial charge < -0.3 is 30.7 Å². The molecule has 4 N–H and O–H groups in total. The van der Waals surface area contributed by atoms with Gasteiger partial charge in [-0.15, -0.1) is 0 Å². The number of pyridine rings is 2. The van der Waals surface area contributed by atoms with Gasteiger partial charge in [-0.1, -0.05) is 0 Å². The van der Waals surface area contributed by atoms with E-state index in [0.29, 0.717) is 22.8 Å². The molecule has 3 heterocycles. The number of aromatic amines is 1. The average molecular weight is 455 g/mol. The molecule has 1 saturated heterocycles. The van der Waals surface area contributed by atoms with Crippen LogP contribution in [0.15, 0.2) is 16.9 Å². The van der Waals surface area contributed by atoms with Gasteiger partial charge in [-0.3, -0.25) is 9.59 Å². The summed E-state index contributed by atoms with van der Waals surface area (Å²) in [6.45, 7) is 9.56. The molecule has 1 amide bonds. The highest BCUT2D eigenvalue weighted by Crippen LogP contribution is 2.25. The second-order valence-corrected chi connectivity index (χ2v) is 8.96. The van der Waals surface area contributed by atoms with E-state index in [4.69, 9.17) is 10.1 Å². The number of ether oxygens (including phenoxy) is 1. The van der Waals surface area contributed by atoms with Crippen molar-refractivity contribution in [1.82, 2.24) is 20.2 Å². The highest BCUT2D eigenvalue weighted by molar-refractivity contribution is 6.04. The second-order valence-electron chi connectivity index (χ2n) is 8.96. The number of carbonyl (C=O) groups is 1. The predicted molar refractivity (Wildman–Crippen MR) is 130 cm³/mol. The Labute approximate surface area is 194 Å². The summed E-state index contributed by atoms with van der Waals surface area (Å²) in [5.74, 6) is 0.392. The number of aromatic nitrogens is 2. The van der Waals surface area contributed by atoms with Crippen LogP contribution in [0.2, 0.25) is 0 Å². The van der Waals surface area contributed by atoms with Gasteiger partial charge >= 0.3 is 0 Å². The number of amides is 1. The predicted octanol–water partition coefficient (Wildman–Crippen LogP) is 2.61. The first-order chi connectivity index (χ1) is 15.7. The van der Waals surface area contributed by atoms with Crippen molar-refractivity contribution in [3.63, 3.8) is 0 Å². The molecule has 3 rings (SSSR count). The van der Waals surface area contributed by atoms with Crippen LogP contribution >= 0.6 is 0 Å². The maximum atomic E-state index is 13.2. The van der Waals surface area contributed by atoms with Gasteiger partial charge in [-0.25, -0.2) is 0 Å². The van der Waals surface area contributed by atoms with Gasteiger partial charge in [-0.2, -0.15) is 4.98 Å². The number of H-pyrrole nitrogens is 1. The molecule has 0 bridgehead atoms. The zero-order valence-electron chi connectivity index (χ0n) is 20.0. The van der Waals surface area contributed by atoms with Crippen LogP contribution in [-0.2, 0) is 6.54 Å². The lowest BCUT2D eigenvalue weighted by Gasteiger charge is -2.29. The minimum atomic E-state index is -0.393. The molecular formula is C24H34N6O3. The Bertz CT molecular complexity index is 1070. The third kappa shape index (κ3) is 6.19. The fraction of sp³-hybridized carbons (Fsp3) is 0.500. The monoisotopic (exact) mass is 454 g/mol. The van der Waals surface area contributed by atoms with Gasteiger partial charge in [0.2, 0.25) is 5.88 Å². The van der Waals surface area contributed by atoms with Crippen molar-refractivity contribution in [3.05, 3.63) is 50.4 Å². The summed E-state index contributed by atoms with van der Waals surface area (Å²) in [5.41, 5.74) is 2.53. The van der Waals surface area contributed by atoms with E-state index in [2.05, 4.69) is 32.5 Å². The first kappa shape index (κ1) is 24.4. The Morgan fingerprint density at radius 2 is 2.03 bits per heavy atom. The highest BCUT2D eigenvalue weighted by Gasteiger charge is 2.23. The Balaban J connectivity index is 1.88. The molecule has 2 aromatic heterocycles. The first-order valence-corrected chi connectivity index (χ1v) is 11.3. The first-order valence-electron chi connectivity index (χ1n) is 11.3. The van der Waals surface area contributed by atoms with Crippen LogP contribution in [0.25, 0.3) is 0 Å². The second kappa shape index (κ2) is 10.6.